The number of nitro benzene ring substituents is 1. The van der Waals surface area contributed by atoms with Gasteiger partial charge in [-0.3, -0.25) is 19.8 Å². The highest BCUT2D eigenvalue weighted by molar-refractivity contribution is 7.91. The molecule has 0 bridgehead atoms. The van der Waals surface area contributed by atoms with E-state index in [-0.39, 0.29) is 70.1 Å². The van der Waals surface area contributed by atoms with Crippen molar-refractivity contribution in [3.05, 3.63) is 98.7 Å². The third-order valence-electron chi connectivity index (χ3n) is 13.6. The van der Waals surface area contributed by atoms with Gasteiger partial charge >= 0.3 is 0 Å². The summed E-state index contributed by atoms with van der Waals surface area (Å²) < 4.78 is 55.4. The van der Waals surface area contributed by atoms with Crippen LogP contribution in [0.4, 0.5) is 28.4 Å². The van der Waals surface area contributed by atoms with E-state index in [1.165, 1.54) is 22.8 Å². The van der Waals surface area contributed by atoms with Gasteiger partial charge in [0, 0.05) is 68.0 Å². The van der Waals surface area contributed by atoms with Gasteiger partial charge in [0.05, 0.1) is 59.2 Å². The Morgan fingerprint density at radius 2 is 1.79 bits per heavy atom. The molecule has 0 saturated carbocycles. The van der Waals surface area contributed by atoms with Gasteiger partial charge in [-0.25, -0.2) is 8.42 Å². The summed E-state index contributed by atoms with van der Waals surface area (Å²) in [7, 11) is -4.76. The molecule has 0 radical (unpaired) electrons. The van der Waals surface area contributed by atoms with Gasteiger partial charge in [-0.15, -0.1) is 0 Å². The first-order valence-corrected chi connectivity index (χ1v) is 24.6. The zero-order chi connectivity index (χ0) is 46.6. The predicted octanol–water partition coefficient (Wildman–Crippen LogP) is 7.35. The van der Waals surface area contributed by atoms with Crippen LogP contribution in [-0.2, 0) is 19.3 Å². The topological polar surface area (TPSA) is 208 Å². The number of nitrogens with zero attached hydrogens (tertiary/aromatic N) is 5. The molecule has 4 N–H and O–H groups in total. The standard InChI is InChI=1S/C48H53ClN8O9S/c1-48(2)12-10-31(35(25-48)29-4-6-32(49)7-5-29)26-54-15-17-55(18-16-54)37-9-8-34(45(50)58)43(56-14-3-19-65-47-39(56)22-30-11-13-51-46(30)53-47)44(37)67(61,62)33-23-38(57(59)60)42-40(24-33)66-27-36(52-42)41-28-63-20-21-64-41/h4-9,11,13,22-24,36,41,52H,3,10,12,14-21,25-28H2,1-2H3,(H2,50,58)(H,51,53)/t36-,41+/m0/s1. The molecular weight excluding hydrogens is 900 g/mol. The number of nitrogens with two attached hydrogens (primary N) is 1. The van der Waals surface area contributed by atoms with Crippen molar-refractivity contribution < 1.29 is 37.1 Å². The number of fused-ring (bicyclic) bond motifs is 3. The summed E-state index contributed by atoms with van der Waals surface area (Å²) in [6, 6.07) is 16.8. The number of pyridine rings is 1. The van der Waals surface area contributed by atoms with Crippen molar-refractivity contribution in [3.63, 3.8) is 0 Å². The average Bonchev–Trinajstić information content (AvgIpc) is 3.69. The Hall–Kier alpha value is -5.92. The fourth-order valence-corrected chi connectivity index (χ4v) is 11.9. The molecule has 352 valence electrons. The molecule has 2 atom stereocenters. The second kappa shape index (κ2) is 18.0. The van der Waals surface area contributed by atoms with Gasteiger partial charge in [-0.2, -0.15) is 4.98 Å². The molecule has 19 heteroatoms. The smallest absolute Gasteiger partial charge is 0.297 e. The highest BCUT2D eigenvalue weighted by atomic mass is 35.5. The first kappa shape index (κ1) is 44.9. The molecule has 4 aliphatic heterocycles. The molecule has 2 fully saturated rings. The van der Waals surface area contributed by atoms with Crippen LogP contribution in [0.2, 0.25) is 5.02 Å². The fourth-order valence-electron chi connectivity index (χ4n) is 10.0. The van der Waals surface area contributed by atoms with Gasteiger partial charge in [0.1, 0.15) is 28.9 Å². The lowest BCUT2D eigenvalue weighted by Crippen LogP contribution is -2.47. The monoisotopic (exact) mass is 952 g/mol. The maximum atomic E-state index is 15.8. The zero-order valence-electron chi connectivity index (χ0n) is 37.4. The highest BCUT2D eigenvalue weighted by Crippen LogP contribution is 2.49. The van der Waals surface area contributed by atoms with Crippen molar-refractivity contribution in [2.45, 2.75) is 61.5 Å². The lowest BCUT2D eigenvalue weighted by atomic mass is 9.72. The molecule has 10 rings (SSSR count). The van der Waals surface area contributed by atoms with Gasteiger partial charge in [-0.05, 0) is 78.6 Å². The number of nitro groups is 1. The zero-order valence-corrected chi connectivity index (χ0v) is 39.0. The maximum absolute atomic E-state index is 15.8. The first-order chi connectivity index (χ1) is 32.2. The molecule has 0 spiro atoms. The van der Waals surface area contributed by atoms with Crippen LogP contribution in [0.5, 0.6) is 11.6 Å². The summed E-state index contributed by atoms with van der Waals surface area (Å²) in [5.41, 5.74) is 11.1. The van der Waals surface area contributed by atoms with Gasteiger partial charge in [-0.1, -0.05) is 43.2 Å². The Bertz CT molecular complexity index is 2890. The Morgan fingerprint density at radius 1 is 0.985 bits per heavy atom. The number of hydrogen-bond donors (Lipinski definition) is 3. The number of carbonyl (C=O) groups excluding carboxylic acids is 1. The molecule has 1 amide bonds. The lowest BCUT2D eigenvalue weighted by molar-refractivity contribution is -0.384. The average molecular weight is 954 g/mol. The second-order valence-electron chi connectivity index (χ2n) is 18.6. The summed E-state index contributed by atoms with van der Waals surface area (Å²) in [6.45, 7) is 9.11. The van der Waals surface area contributed by atoms with Crippen LogP contribution >= 0.6 is 11.6 Å². The molecule has 2 saturated heterocycles. The van der Waals surface area contributed by atoms with E-state index in [0.717, 1.165) is 37.3 Å². The number of primary amides is 1. The molecule has 17 nitrogen and oxygen atoms in total. The van der Waals surface area contributed by atoms with Gasteiger partial charge in [0.15, 0.2) is 11.4 Å². The Kier molecular flexibility index (Phi) is 12.0. The molecule has 67 heavy (non-hydrogen) atoms. The third kappa shape index (κ3) is 8.76. The summed E-state index contributed by atoms with van der Waals surface area (Å²) in [4.78, 5) is 39.3. The van der Waals surface area contributed by atoms with Crippen molar-refractivity contribution in [2.24, 2.45) is 11.1 Å². The molecule has 0 unspecified atom stereocenters. The number of piperazine rings is 1. The molecular formula is C48H53ClN8O9S. The molecule has 3 aromatic carbocycles. The quantitative estimate of drug-likeness (QED) is 0.0925. The number of benzene rings is 3. The number of ether oxygens (including phenoxy) is 4. The summed E-state index contributed by atoms with van der Waals surface area (Å²) in [5, 5.41) is 17.5. The Balaban J connectivity index is 1.07. The number of carbonyl (C=O) groups is 1. The van der Waals surface area contributed by atoms with Gasteiger partial charge < -0.3 is 44.8 Å². The van der Waals surface area contributed by atoms with Crippen LogP contribution in [-0.4, -0.2) is 119 Å². The molecule has 2 aromatic heterocycles. The number of aromatic amines is 1. The number of anilines is 4. The minimum atomic E-state index is -4.76. The third-order valence-corrected chi connectivity index (χ3v) is 15.6. The summed E-state index contributed by atoms with van der Waals surface area (Å²) >= 11 is 6.29. The van der Waals surface area contributed by atoms with E-state index in [0.29, 0.717) is 67.9 Å². The van der Waals surface area contributed by atoms with Crippen LogP contribution in [0.3, 0.4) is 0 Å². The van der Waals surface area contributed by atoms with Gasteiger partial charge in [0.25, 0.3) is 11.6 Å². The van der Waals surface area contributed by atoms with Crippen LogP contribution in [0.1, 0.15) is 55.5 Å². The SMILES string of the molecule is CC1(C)CCC(CN2CCN(c3ccc(C(N)=O)c(N4CCCOc5nc6[nH]ccc6cc54)c3S(=O)(=O)c3cc4c(c([N+](=O)[O-])c3)N[C@H]([C@H]3COCCO3)CO4)CC2)=C(c2ccc(Cl)cc2)C1. The van der Waals surface area contributed by atoms with Crippen molar-refractivity contribution in [3.8, 4) is 11.6 Å². The van der Waals surface area contributed by atoms with Crippen LogP contribution in [0.25, 0.3) is 16.6 Å². The highest BCUT2D eigenvalue weighted by Gasteiger charge is 2.40. The van der Waals surface area contributed by atoms with Crippen molar-refractivity contribution in [1.29, 1.82) is 0 Å². The maximum Gasteiger partial charge on any atom is 0.297 e. The van der Waals surface area contributed by atoms with Crippen LogP contribution in [0, 0.1) is 15.5 Å². The van der Waals surface area contributed by atoms with Gasteiger partial charge in [0.2, 0.25) is 15.7 Å². The van der Waals surface area contributed by atoms with Crippen LogP contribution in [0.15, 0.2) is 82.2 Å². The number of H-pyrrole nitrogens is 1. The second-order valence-corrected chi connectivity index (χ2v) is 20.9. The van der Waals surface area contributed by atoms with E-state index in [1.54, 1.807) is 23.2 Å². The van der Waals surface area contributed by atoms with E-state index < -0.39 is 38.5 Å². The number of allylic oxidation sites excluding steroid dienone is 1. The van der Waals surface area contributed by atoms with E-state index in [2.05, 4.69) is 41.2 Å². The number of amides is 1. The summed E-state index contributed by atoms with van der Waals surface area (Å²) in [6.07, 6.45) is 4.73. The Labute approximate surface area is 393 Å². The minimum absolute atomic E-state index is 0.00512. The van der Waals surface area contributed by atoms with Crippen molar-refractivity contribution in [1.82, 2.24) is 14.9 Å². The number of aromatic nitrogens is 2. The minimum Gasteiger partial charge on any atom is -0.489 e. The predicted molar refractivity (Wildman–Crippen MR) is 255 cm³/mol. The molecule has 5 aromatic rings. The van der Waals surface area contributed by atoms with E-state index in [1.807, 2.05) is 29.2 Å². The number of nitrogens with one attached hydrogen (secondary N) is 2. The largest absolute Gasteiger partial charge is 0.489 e. The first-order valence-electron chi connectivity index (χ1n) is 22.7. The van der Waals surface area contributed by atoms with E-state index in [4.69, 9.17) is 41.3 Å². The van der Waals surface area contributed by atoms with Crippen molar-refractivity contribution in [2.75, 3.05) is 87.4 Å². The number of hydrogen-bond acceptors (Lipinski definition) is 14. The number of halogens is 1. The number of sulfone groups is 1. The molecule has 6 heterocycles. The number of rotatable bonds is 10. The normalized spacial score (nSPS) is 21.1. The lowest BCUT2D eigenvalue weighted by Gasteiger charge is -2.40. The summed E-state index contributed by atoms with van der Waals surface area (Å²) in [5.74, 6) is -0.613. The molecule has 1 aliphatic carbocycles. The van der Waals surface area contributed by atoms with Crippen molar-refractivity contribution >= 4 is 72.4 Å². The molecule has 5 aliphatic rings. The van der Waals surface area contributed by atoms with Crippen LogP contribution < -0.4 is 30.3 Å². The van der Waals surface area contributed by atoms with E-state index in [9.17, 15) is 14.9 Å². The fraction of sp³-hybridized carbons (Fsp3) is 0.417. The Morgan fingerprint density at radius 3 is 2.54 bits per heavy atom. The van der Waals surface area contributed by atoms with E-state index >= 15 is 8.42 Å².